The highest BCUT2D eigenvalue weighted by molar-refractivity contribution is 7.99. The summed E-state index contributed by atoms with van der Waals surface area (Å²) in [6, 6.07) is 7.51. The van der Waals surface area contributed by atoms with Gasteiger partial charge in [-0.1, -0.05) is 6.42 Å². The normalized spacial score (nSPS) is 20.2. The first-order valence-corrected chi connectivity index (χ1v) is 9.00. The number of carbonyl (C=O) groups is 2. The SMILES string of the molecule is Cn1cnnc1Sc1ccc(NC(=O)C2CCCC(C(=O)O)C2)cc1. The van der Waals surface area contributed by atoms with Crippen LogP contribution in [-0.2, 0) is 16.6 Å². The number of nitrogens with one attached hydrogen (secondary N) is 1. The Bertz CT molecular complexity index is 760. The van der Waals surface area contributed by atoms with Gasteiger partial charge >= 0.3 is 5.97 Å². The minimum atomic E-state index is -0.803. The fraction of sp³-hybridized carbons (Fsp3) is 0.412. The number of aliphatic carboxylic acids is 1. The summed E-state index contributed by atoms with van der Waals surface area (Å²) < 4.78 is 1.84. The molecule has 1 aromatic carbocycles. The number of aryl methyl sites for hydroxylation is 1. The van der Waals surface area contributed by atoms with Crippen molar-refractivity contribution in [3.8, 4) is 0 Å². The summed E-state index contributed by atoms with van der Waals surface area (Å²) in [5.41, 5.74) is 0.713. The van der Waals surface area contributed by atoms with Gasteiger partial charge in [0.05, 0.1) is 5.92 Å². The van der Waals surface area contributed by atoms with Crippen molar-refractivity contribution in [3.63, 3.8) is 0 Å². The summed E-state index contributed by atoms with van der Waals surface area (Å²) in [5, 5.41) is 20.7. The lowest BCUT2D eigenvalue weighted by Gasteiger charge is -2.25. The van der Waals surface area contributed by atoms with Gasteiger partial charge in [-0.15, -0.1) is 10.2 Å². The molecule has 1 heterocycles. The Morgan fingerprint density at radius 2 is 1.96 bits per heavy atom. The van der Waals surface area contributed by atoms with Gasteiger partial charge in [0.25, 0.3) is 0 Å². The Morgan fingerprint density at radius 1 is 1.24 bits per heavy atom. The maximum absolute atomic E-state index is 12.4. The number of hydrogen-bond acceptors (Lipinski definition) is 5. The van der Waals surface area contributed by atoms with E-state index in [4.69, 9.17) is 5.11 Å². The van der Waals surface area contributed by atoms with Crippen molar-refractivity contribution in [3.05, 3.63) is 30.6 Å². The number of carbonyl (C=O) groups excluding carboxylic acids is 1. The first kappa shape index (κ1) is 17.5. The van der Waals surface area contributed by atoms with Crippen molar-refractivity contribution < 1.29 is 14.7 Å². The van der Waals surface area contributed by atoms with Crippen LogP contribution in [0.2, 0.25) is 0 Å². The standard InChI is InChI=1S/C17H20N4O3S/c1-21-10-18-20-17(21)25-14-7-5-13(6-8-14)19-15(22)11-3-2-4-12(9-11)16(23)24/h5-8,10-12H,2-4,9H2,1H3,(H,19,22)(H,23,24). The van der Waals surface area contributed by atoms with Crippen LogP contribution in [0.4, 0.5) is 5.69 Å². The van der Waals surface area contributed by atoms with Gasteiger partial charge in [-0.2, -0.15) is 0 Å². The second-order valence-electron chi connectivity index (χ2n) is 6.24. The zero-order chi connectivity index (χ0) is 17.8. The van der Waals surface area contributed by atoms with E-state index >= 15 is 0 Å². The highest BCUT2D eigenvalue weighted by atomic mass is 32.2. The molecule has 1 aliphatic rings. The molecule has 8 heteroatoms. The molecule has 1 aliphatic carbocycles. The van der Waals surface area contributed by atoms with Crippen molar-refractivity contribution >= 4 is 29.3 Å². The number of nitrogens with zero attached hydrogens (tertiary/aromatic N) is 3. The average molecular weight is 360 g/mol. The molecule has 2 aromatic rings. The Labute approximate surface area is 149 Å². The molecule has 7 nitrogen and oxygen atoms in total. The van der Waals surface area contributed by atoms with Crippen LogP contribution in [0.5, 0.6) is 0 Å². The summed E-state index contributed by atoms with van der Waals surface area (Å²) >= 11 is 1.49. The van der Waals surface area contributed by atoms with Gasteiger partial charge in [-0.05, 0) is 55.3 Å². The number of benzene rings is 1. The molecule has 1 fully saturated rings. The Balaban J connectivity index is 1.58. The maximum Gasteiger partial charge on any atom is 0.306 e. The molecule has 0 spiro atoms. The molecule has 1 amide bonds. The molecule has 0 bridgehead atoms. The molecule has 2 atom stereocenters. The molecule has 2 N–H and O–H groups in total. The Hall–Kier alpha value is -2.35. The molecule has 2 unspecified atom stereocenters. The van der Waals surface area contributed by atoms with Crippen molar-refractivity contribution in [1.82, 2.24) is 14.8 Å². The minimum Gasteiger partial charge on any atom is -0.481 e. The van der Waals surface area contributed by atoms with E-state index in [1.807, 2.05) is 35.9 Å². The van der Waals surface area contributed by atoms with E-state index in [9.17, 15) is 9.59 Å². The zero-order valence-electron chi connectivity index (χ0n) is 13.9. The predicted molar refractivity (Wildman–Crippen MR) is 93.3 cm³/mol. The summed E-state index contributed by atoms with van der Waals surface area (Å²) in [7, 11) is 1.88. The van der Waals surface area contributed by atoms with E-state index in [-0.39, 0.29) is 11.8 Å². The number of carboxylic acids is 1. The molecule has 132 valence electrons. The average Bonchev–Trinajstić information content (AvgIpc) is 3.01. The fourth-order valence-corrected chi connectivity index (χ4v) is 3.74. The summed E-state index contributed by atoms with van der Waals surface area (Å²) in [5.74, 6) is -1.54. The van der Waals surface area contributed by atoms with Gasteiger partial charge in [0.1, 0.15) is 6.33 Å². The second kappa shape index (κ2) is 7.69. The van der Waals surface area contributed by atoms with E-state index in [0.29, 0.717) is 18.5 Å². The smallest absolute Gasteiger partial charge is 0.306 e. The van der Waals surface area contributed by atoms with Gasteiger partial charge in [-0.25, -0.2) is 0 Å². The molecule has 0 saturated heterocycles. The van der Waals surface area contributed by atoms with Gasteiger partial charge in [0.2, 0.25) is 5.91 Å². The van der Waals surface area contributed by atoms with Crippen molar-refractivity contribution in [2.24, 2.45) is 18.9 Å². The third-order valence-corrected chi connectivity index (χ3v) is 5.46. The topological polar surface area (TPSA) is 97.1 Å². The van der Waals surface area contributed by atoms with E-state index < -0.39 is 11.9 Å². The molecule has 1 saturated carbocycles. The van der Waals surface area contributed by atoms with Crippen LogP contribution in [-0.4, -0.2) is 31.7 Å². The molecule has 3 rings (SSSR count). The van der Waals surface area contributed by atoms with Crippen molar-refractivity contribution in [1.29, 1.82) is 0 Å². The van der Waals surface area contributed by atoms with Crippen LogP contribution in [0.1, 0.15) is 25.7 Å². The number of hydrogen-bond donors (Lipinski definition) is 2. The lowest BCUT2D eigenvalue weighted by molar-refractivity contribution is -0.143. The quantitative estimate of drug-likeness (QED) is 0.851. The van der Waals surface area contributed by atoms with Crippen LogP contribution in [0.15, 0.2) is 40.6 Å². The number of carboxylic acid groups (broad SMARTS) is 1. The lowest BCUT2D eigenvalue weighted by atomic mass is 9.81. The second-order valence-corrected chi connectivity index (χ2v) is 7.28. The molecule has 0 radical (unpaired) electrons. The largest absolute Gasteiger partial charge is 0.481 e. The summed E-state index contributed by atoms with van der Waals surface area (Å²) in [4.78, 5) is 24.5. The van der Waals surface area contributed by atoms with Crippen molar-refractivity contribution in [2.45, 2.75) is 35.7 Å². The van der Waals surface area contributed by atoms with Crippen LogP contribution in [0.3, 0.4) is 0 Å². The number of anilines is 1. The number of aromatic nitrogens is 3. The summed E-state index contributed by atoms with van der Waals surface area (Å²) in [6.45, 7) is 0. The highest BCUT2D eigenvalue weighted by Gasteiger charge is 2.30. The minimum absolute atomic E-state index is 0.0975. The molecular weight excluding hydrogens is 340 g/mol. The van der Waals surface area contributed by atoms with E-state index in [2.05, 4.69) is 15.5 Å². The Morgan fingerprint density at radius 3 is 2.60 bits per heavy atom. The molecule has 1 aromatic heterocycles. The van der Waals surface area contributed by atoms with Crippen LogP contribution in [0, 0.1) is 11.8 Å². The fourth-order valence-electron chi connectivity index (χ4n) is 2.97. The lowest BCUT2D eigenvalue weighted by Crippen LogP contribution is -2.30. The zero-order valence-corrected chi connectivity index (χ0v) is 14.7. The first-order chi connectivity index (χ1) is 12.0. The van der Waals surface area contributed by atoms with Crippen LogP contribution in [0.25, 0.3) is 0 Å². The van der Waals surface area contributed by atoms with E-state index in [1.165, 1.54) is 11.8 Å². The third-order valence-electron chi connectivity index (χ3n) is 4.40. The monoisotopic (exact) mass is 360 g/mol. The number of amides is 1. The van der Waals surface area contributed by atoms with Crippen LogP contribution < -0.4 is 5.32 Å². The van der Waals surface area contributed by atoms with Gasteiger partial charge in [0, 0.05) is 23.5 Å². The van der Waals surface area contributed by atoms with Crippen molar-refractivity contribution in [2.75, 3.05) is 5.32 Å². The summed E-state index contributed by atoms with van der Waals surface area (Å²) in [6.07, 6.45) is 4.25. The molecule has 25 heavy (non-hydrogen) atoms. The van der Waals surface area contributed by atoms with Gasteiger partial charge in [-0.3, -0.25) is 9.59 Å². The van der Waals surface area contributed by atoms with E-state index in [0.717, 1.165) is 22.9 Å². The molecular formula is C17H20N4O3S. The first-order valence-electron chi connectivity index (χ1n) is 8.18. The maximum atomic E-state index is 12.4. The van der Waals surface area contributed by atoms with Gasteiger partial charge in [0.15, 0.2) is 5.16 Å². The molecule has 0 aliphatic heterocycles. The van der Waals surface area contributed by atoms with Gasteiger partial charge < -0.3 is 15.0 Å². The number of rotatable bonds is 5. The van der Waals surface area contributed by atoms with Crippen LogP contribution >= 0.6 is 11.8 Å². The highest BCUT2D eigenvalue weighted by Crippen LogP contribution is 2.31. The van der Waals surface area contributed by atoms with E-state index in [1.54, 1.807) is 6.33 Å². The third kappa shape index (κ3) is 4.39. The predicted octanol–water partition coefficient (Wildman–Crippen LogP) is 2.80. The Kier molecular flexibility index (Phi) is 5.37.